The summed E-state index contributed by atoms with van der Waals surface area (Å²) in [6.07, 6.45) is 0. The number of rotatable bonds is 2. The van der Waals surface area contributed by atoms with Gasteiger partial charge in [0.2, 0.25) is 0 Å². The second-order valence-corrected chi connectivity index (χ2v) is 6.97. The van der Waals surface area contributed by atoms with E-state index < -0.39 is 0 Å². The molecule has 0 aliphatic carbocycles. The van der Waals surface area contributed by atoms with E-state index in [0.717, 1.165) is 38.6 Å². The van der Waals surface area contributed by atoms with Gasteiger partial charge < -0.3 is 4.98 Å². The fourth-order valence-electron chi connectivity index (χ4n) is 2.78. The molecule has 0 radical (unpaired) electrons. The number of nitrogens with one attached hydrogen (secondary N) is 1. The highest BCUT2D eigenvalue weighted by Gasteiger charge is 2.17. The molecular weight excluding hydrogens is 308 g/mol. The van der Waals surface area contributed by atoms with Crippen molar-refractivity contribution >= 4 is 32.7 Å². The van der Waals surface area contributed by atoms with Gasteiger partial charge in [0.1, 0.15) is 11.3 Å². The quantitative estimate of drug-likeness (QED) is 0.611. The van der Waals surface area contributed by atoms with E-state index in [1.807, 2.05) is 37.3 Å². The summed E-state index contributed by atoms with van der Waals surface area (Å²) in [6.45, 7) is 6.22. The van der Waals surface area contributed by atoms with Crippen LogP contribution in [0.15, 0.2) is 35.1 Å². The first-order chi connectivity index (χ1) is 11.0. The SMILES string of the molecule is Cc1ccc2nc(C(C)C)n(-c3ccc4[nH]c(=O)sc4c3)c2n1. The molecule has 0 amide bonds. The average molecular weight is 324 g/mol. The molecular formula is C17H16N4OS. The molecule has 0 aliphatic rings. The summed E-state index contributed by atoms with van der Waals surface area (Å²) < 4.78 is 3.04. The van der Waals surface area contributed by atoms with Gasteiger partial charge in [-0.1, -0.05) is 25.2 Å². The number of hydrogen-bond donors (Lipinski definition) is 1. The van der Waals surface area contributed by atoms with Crippen LogP contribution in [0.4, 0.5) is 0 Å². The van der Waals surface area contributed by atoms with Gasteiger partial charge >= 0.3 is 4.87 Å². The number of nitrogens with zero attached hydrogens (tertiary/aromatic N) is 3. The molecule has 0 spiro atoms. The largest absolute Gasteiger partial charge is 0.312 e. The third-order valence-electron chi connectivity index (χ3n) is 3.85. The van der Waals surface area contributed by atoms with Gasteiger partial charge in [0.05, 0.1) is 15.9 Å². The van der Waals surface area contributed by atoms with E-state index in [-0.39, 0.29) is 10.8 Å². The van der Waals surface area contributed by atoms with E-state index in [9.17, 15) is 4.79 Å². The summed E-state index contributed by atoms with van der Waals surface area (Å²) in [7, 11) is 0. The van der Waals surface area contributed by atoms with E-state index in [0.29, 0.717) is 0 Å². The number of fused-ring (bicyclic) bond motifs is 2. The minimum atomic E-state index is -0.0364. The molecule has 1 N–H and O–H groups in total. The normalized spacial score (nSPS) is 11.8. The molecule has 4 aromatic rings. The highest BCUT2D eigenvalue weighted by molar-refractivity contribution is 7.16. The van der Waals surface area contributed by atoms with Crippen LogP contribution >= 0.6 is 11.3 Å². The van der Waals surface area contributed by atoms with Gasteiger partial charge in [-0.2, -0.15) is 0 Å². The Hall–Kier alpha value is -2.47. The molecule has 0 bridgehead atoms. The smallest absolute Gasteiger partial charge is 0.305 e. The van der Waals surface area contributed by atoms with Gasteiger partial charge in [0.25, 0.3) is 0 Å². The highest BCUT2D eigenvalue weighted by atomic mass is 32.1. The number of aromatic nitrogens is 4. The second kappa shape index (κ2) is 5.03. The van der Waals surface area contributed by atoms with Crippen molar-refractivity contribution in [3.63, 3.8) is 0 Å². The zero-order valence-corrected chi connectivity index (χ0v) is 13.9. The third kappa shape index (κ3) is 2.26. The van der Waals surface area contributed by atoms with Crippen molar-refractivity contribution < 1.29 is 0 Å². The molecule has 6 heteroatoms. The first-order valence-corrected chi connectivity index (χ1v) is 8.34. The first kappa shape index (κ1) is 14.1. The Labute approximate surface area is 136 Å². The van der Waals surface area contributed by atoms with Gasteiger partial charge in [-0.25, -0.2) is 9.97 Å². The lowest BCUT2D eigenvalue weighted by atomic mass is 10.2. The predicted molar refractivity (Wildman–Crippen MR) is 93.7 cm³/mol. The Balaban J connectivity index is 2.06. The lowest BCUT2D eigenvalue weighted by Crippen LogP contribution is -2.04. The van der Waals surface area contributed by atoms with E-state index in [1.165, 1.54) is 11.3 Å². The van der Waals surface area contributed by atoms with Gasteiger partial charge in [-0.15, -0.1) is 0 Å². The van der Waals surface area contributed by atoms with Crippen molar-refractivity contribution in [1.82, 2.24) is 19.5 Å². The number of aryl methyl sites for hydroxylation is 1. The molecule has 0 aliphatic heterocycles. The van der Waals surface area contributed by atoms with Gasteiger partial charge in [0, 0.05) is 11.6 Å². The maximum absolute atomic E-state index is 11.6. The molecule has 4 rings (SSSR count). The summed E-state index contributed by atoms with van der Waals surface area (Å²) in [5.74, 6) is 1.24. The average Bonchev–Trinajstić information content (AvgIpc) is 3.05. The molecule has 3 heterocycles. The fraction of sp³-hybridized carbons (Fsp3) is 0.235. The Morgan fingerprint density at radius 3 is 2.78 bits per heavy atom. The van der Waals surface area contributed by atoms with Crippen LogP contribution in [0.2, 0.25) is 0 Å². The number of thiazole rings is 1. The van der Waals surface area contributed by atoms with Gasteiger partial charge in [-0.3, -0.25) is 9.36 Å². The predicted octanol–water partition coefficient (Wildman–Crippen LogP) is 3.76. The van der Waals surface area contributed by atoms with Crippen molar-refractivity contribution in [2.24, 2.45) is 0 Å². The summed E-state index contributed by atoms with van der Waals surface area (Å²) in [5, 5.41) is 0. The maximum atomic E-state index is 11.6. The Morgan fingerprint density at radius 2 is 2.00 bits per heavy atom. The molecule has 0 fully saturated rings. The summed E-state index contributed by atoms with van der Waals surface area (Å²) in [5.41, 5.74) is 4.55. The van der Waals surface area contributed by atoms with Crippen LogP contribution in [0.3, 0.4) is 0 Å². The zero-order chi connectivity index (χ0) is 16.1. The monoisotopic (exact) mass is 324 g/mol. The Kier molecular flexibility index (Phi) is 3.09. The van der Waals surface area contributed by atoms with Crippen molar-refractivity contribution in [3.8, 4) is 5.69 Å². The lowest BCUT2D eigenvalue weighted by Gasteiger charge is -2.11. The maximum Gasteiger partial charge on any atom is 0.305 e. The van der Waals surface area contributed by atoms with E-state index in [2.05, 4.69) is 28.4 Å². The van der Waals surface area contributed by atoms with Crippen molar-refractivity contribution in [2.45, 2.75) is 26.7 Å². The molecule has 5 nitrogen and oxygen atoms in total. The van der Waals surface area contributed by atoms with E-state index in [1.54, 1.807) is 0 Å². The minimum Gasteiger partial charge on any atom is -0.312 e. The fourth-order valence-corrected chi connectivity index (χ4v) is 3.55. The van der Waals surface area contributed by atoms with E-state index >= 15 is 0 Å². The lowest BCUT2D eigenvalue weighted by molar-refractivity contribution is 0.758. The summed E-state index contributed by atoms with van der Waals surface area (Å²) in [4.78, 5) is 23.8. The molecule has 0 atom stereocenters. The van der Waals surface area contributed by atoms with E-state index in [4.69, 9.17) is 4.98 Å². The van der Waals surface area contributed by atoms with Crippen LogP contribution < -0.4 is 4.87 Å². The first-order valence-electron chi connectivity index (χ1n) is 7.52. The van der Waals surface area contributed by atoms with Crippen molar-refractivity contribution in [1.29, 1.82) is 0 Å². The molecule has 0 saturated carbocycles. The molecule has 116 valence electrons. The number of H-pyrrole nitrogens is 1. The molecule has 1 aromatic carbocycles. The Morgan fingerprint density at radius 1 is 1.17 bits per heavy atom. The summed E-state index contributed by atoms with van der Waals surface area (Å²) >= 11 is 1.22. The Bertz CT molecular complexity index is 1090. The van der Waals surface area contributed by atoms with Gasteiger partial charge in [-0.05, 0) is 37.3 Å². The topological polar surface area (TPSA) is 63.6 Å². The number of pyridine rings is 1. The number of hydrogen-bond acceptors (Lipinski definition) is 4. The van der Waals surface area contributed by atoms with Crippen LogP contribution in [0.1, 0.15) is 31.3 Å². The van der Waals surface area contributed by atoms with Crippen LogP contribution in [0.5, 0.6) is 0 Å². The van der Waals surface area contributed by atoms with Gasteiger partial charge in [0.15, 0.2) is 5.65 Å². The van der Waals surface area contributed by atoms with Crippen LogP contribution in [0, 0.1) is 6.92 Å². The number of benzene rings is 1. The summed E-state index contributed by atoms with van der Waals surface area (Å²) in [6, 6.07) is 9.95. The van der Waals surface area contributed by atoms with Crippen LogP contribution in [-0.4, -0.2) is 19.5 Å². The molecule has 3 aromatic heterocycles. The standard InChI is InChI=1S/C17H16N4OS/c1-9(2)15-19-13-6-4-10(3)18-16(13)21(15)11-5-7-12-14(8-11)23-17(22)20-12/h4-9H,1-3H3,(H,20,22). The highest BCUT2D eigenvalue weighted by Crippen LogP contribution is 2.27. The molecule has 0 unspecified atom stereocenters. The molecule has 23 heavy (non-hydrogen) atoms. The van der Waals surface area contributed by atoms with Crippen LogP contribution in [-0.2, 0) is 0 Å². The number of imidazole rings is 1. The third-order valence-corrected chi connectivity index (χ3v) is 4.69. The second-order valence-electron chi connectivity index (χ2n) is 5.95. The van der Waals surface area contributed by atoms with Crippen LogP contribution in [0.25, 0.3) is 27.1 Å². The van der Waals surface area contributed by atoms with Crippen molar-refractivity contribution in [2.75, 3.05) is 0 Å². The molecule has 0 saturated heterocycles. The minimum absolute atomic E-state index is 0.0364. The zero-order valence-electron chi connectivity index (χ0n) is 13.1. The number of aromatic amines is 1. The van der Waals surface area contributed by atoms with Crippen molar-refractivity contribution in [3.05, 3.63) is 51.5 Å².